The van der Waals surface area contributed by atoms with Gasteiger partial charge in [0.05, 0.1) is 18.0 Å². The zero-order valence-electron chi connectivity index (χ0n) is 15.7. The van der Waals surface area contributed by atoms with Crippen molar-refractivity contribution in [3.05, 3.63) is 35.7 Å². The van der Waals surface area contributed by atoms with Crippen molar-refractivity contribution >= 4 is 23.6 Å². The molecule has 2 amide bonds. The van der Waals surface area contributed by atoms with Crippen molar-refractivity contribution < 1.29 is 9.59 Å². The number of para-hydroxylation sites is 1. The molecular formula is C18H25N5O2S. The Hall–Kier alpha value is -2.35. The summed E-state index contributed by atoms with van der Waals surface area (Å²) in [7, 11) is 1.63. The Kier molecular flexibility index (Phi) is 7.20. The number of nitrogens with one attached hydrogen (secondary N) is 1. The molecular weight excluding hydrogens is 350 g/mol. The third-order valence-corrected chi connectivity index (χ3v) is 4.77. The van der Waals surface area contributed by atoms with Crippen molar-refractivity contribution in [2.24, 2.45) is 0 Å². The summed E-state index contributed by atoms with van der Waals surface area (Å²) in [5.74, 6) is 0.688. The quantitative estimate of drug-likeness (QED) is 0.714. The van der Waals surface area contributed by atoms with Crippen LogP contribution in [0.2, 0.25) is 0 Å². The molecule has 0 saturated carbocycles. The maximum Gasteiger partial charge on any atom is 0.239 e. The van der Waals surface area contributed by atoms with E-state index >= 15 is 0 Å². The van der Waals surface area contributed by atoms with E-state index in [1.54, 1.807) is 7.05 Å². The van der Waals surface area contributed by atoms with Gasteiger partial charge in [-0.25, -0.2) is 0 Å². The van der Waals surface area contributed by atoms with Crippen molar-refractivity contribution in [1.82, 2.24) is 25.0 Å². The van der Waals surface area contributed by atoms with E-state index in [-0.39, 0.29) is 24.1 Å². The van der Waals surface area contributed by atoms with Crippen molar-refractivity contribution in [2.75, 3.05) is 25.9 Å². The second-order valence-electron chi connectivity index (χ2n) is 6.04. The van der Waals surface area contributed by atoms with Crippen molar-refractivity contribution in [3.63, 3.8) is 0 Å². The number of aromatic nitrogens is 3. The molecule has 0 saturated heterocycles. The molecule has 0 aliphatic carbocycles. The maximum atomic E-state index is 12.3. The van der Waals surface area contributed by atoms with E-state index in [1.165, 1.54) is 16.7 Å². The number of carbonyl (C=O) groups is 2. The highest BCUT2D eigenvalue weighted by Gasteiger charge is 2.17. The van der Waals surface area contributed by atoms with E-state index in [1.807, 2.05) is 49.6 Å². The molecule has 0 spiro atoms. The van der Waals surface area contributed by atoms with Crippen LogP contribution in [0.15, 0.2) is 29.4 Å². The molecule has 1 heterocycles. The van der Waals surface area contributed by atoms with Crippen LogP contribution in [0.3, 0.4) is 0 Å². The lowest BCUT2D eigenvalue weighted by Gasteiger charge is -2.16. The number of nitrogens with zero attached hydrogens (tertiary/aromatic N) is 4. The molecule has 2 rings (SSSR count). The molecule has 8 heteroatoms. The van der Waals surface area contributed by atoms with Crippen LogP contribution in [-0.4, -0.2) is 57.4 Å². The SMILES string of the molecule is CCCNC(=O)CN(C)C(=O)CSc1nnc(C)n1-c1ccccc1C. The van der Waals surface area contributed by atoms with Gasteiger partial charge < -0.3 is 10.2 Å². The molecule has 26 heavy (non-hydrogen) atoms. The van der Waals surface area contributed by atoms with Gasteiger partial charge >= 0.3 is 0 Å². The Labute approximate surface area is 158 Å². The van der Waals surface area contributed by atoms with Crippen LogP contribution in [0, 0.1) is 13.8 Å². The maximum absolute atomic E-state index is 12.3. The van der Waals surface area contributed by atoms with Gasteiger partial charge in [0, 0.05) is 13.6 Å². The predicted molar refractivity (Wildman–Crippen MR) is 102 cm³/mol. The summed E-state index contributed by atoms with van der Waals surface area (Å²) >= 11 is 1.32. The first-order chi connectivity index (χ1) is 12.4. The molecule has 2 aromatic rings. The number of hydrogen-bond donors (Lipinski definition) is 1. The van der Waals surface area contributed by atoms with Gasteiger partial charge in [-0.05, 0) is 31.9 Å². The lowest BCUT2D eigenvalue weighted by atomic mass is 10.2. The van der Waals surface area contributed by atoms with Crippen molar-refractivity contribution in [1.29, 1.82) is 0 Å². The molecule has 7 nitrogen and oxygen atoms in total. The van der Waals surface area contributed by atoms with Crippen LogP contribution in [-0.2, 0) is 9.59 Å². The molecule has 0 aliphatic rings. The van der Waals surface area contributed by atoms with Gasteiger partial charge in [-0.1, -0.05) is 36.9 Å². The topological polar surface area (TPSA) is 80.1 Å². The Balaban J connectivity index is 2.01. The molecule has 0 atom stereocenters. The fourth-order valence-electron chi connectivity index (χ4n) is 2.39. The van der Waals surface area contributed by atoms with Crippen LogP contribution in [0.25, 0.3) is 5.69 Å². The van der Waals surface area contributed by atoms with E-state index < -0.39 is 0 Å². The molecule has 0 bridgehead atoms. The average molecular weight is 375 g/mol. The van der Waals surface area contributed by atoms with Gasteiger partial charge in [-0.3, -0.25) is 14.2 Å². The van der Waals surface area contributed by atoms with Crippen LogP contribution in [0.1, 0.15) is 24.7 Å². The van der Waals surface area contributed by atoms with Crippen molar-refractivity contribution in [2.45, 2.75) is 32.3 Å². The van der Waals surface area contributed by atoms with Crippen LogP contribution in [0.4, 0.5) is 0 Å². The first-order valence-electron chi connectivity index (χ1n) is 8.55. The van der Waals surface area contributed by atoms with Gasteiger partial charge in [-0.2, -0.15) is 0 Å². The number of aryl methyl sites for hydroxylation is 2. The van der Waals surface area contributed by atoms with Gasteiger partial charge in [0.2, 0.25) is 11.8 Å². The highest BCUT2D eigenvalue weighted by molar-refractivity contribution is 7.99. The summed E-state index contributed by atoms with van der Waals surface area (Å²) in [5, 5.41) is 11.8. The zero-order valence-corrected chi connectivity index (χ0v) is 16.5. The first kappa shape index (κ1) is 20.0. The number of amides is 2. The lowest BCUT2D eigenvalue weighted by molar-refractivity contribution is -0.132. The minimum atomic E-state index is -0.147. The number of rotatable bonds is 8. The standard InChI is InChI=1S/C18H25N5O2S/c1-5-10-19-16(24)11-22(4)17(25)12-26-18-21-20-14(3)23(18)15-9-7-6-8-13(15)2/h6-9H,5,10-12H2,1-4H3,(H,19,24). The highest BCUT2D eigenvalue weighted by Crippen LogP contribution is 2.24. The summed E-state index contributed by atoms with van der Waals surface area (Å²) < 4.78 is 1.95. The van der Waals surface area contributed by atoms with E-state index in [0.29, 0.717) is 11.7 Å². The Morgan fingerprint density at radius 3 is 2.65 bits per heavy atom. The van der Waals surface area contributed by atoms with Gasteiger partial charge in [0.1, 0.15) is 5.82 Å². The van der Waals surface area contributed by atoms with Crippen molar-refractivity contribution in [3.8, 4) is 5.69 Å². The largest absolute Gasteiger partial charge is 0.355 e. The molecule has 0 aliphatic heterocycles. The number of hydrogen-bond acceptors (Lipinski definition) is 5. The summed E-state index contributed by atoms with van der Waals surface area (Å²) in [6.07, 6.45) is 0.868. The monoisotopic (exact) mass is 375 g/mol. The third-order valence-electron chi connectivity index (χ3n) is 3.85. The summed E-state index contributed by atoms with van der Waals surface area (Å²) in [6, 6.07) is 7.97. The molecule has 1 N–H and O–H groups in total. The molecule has 1 aromatic heterocycles. The predicted octanol–water partition coefficient (Wildman–Crippen LogP) is 1.96. The molecule has 0 fully saturated rings. The van der Waals surface area contributed by atoms with Crippen LogP contribution < -0.4 is 5.32 Å². The molecule has 140 valence electrons. The number of likely N-dealkylation sites (N-methyl/N-ethyl adjacent to an activating group) is 1. The van der Waals surface area contributed by atoms with Crippen LogP contribution >= 0.6 is 11.8 Å². The highest BCUT2D eigenvalue weighted by atomic mass is 32.2. The van der Waals surface area contributed by atoms with Gasteiger partial charge in [0.25, 0.3) is 0 Å². The van der Waals surface area contributed by atoms with E-state index in [2.05, 4.69) is 15.5 Å². The Bertz CT molecular complexity index is 775. The number of carbonyl (C=O) groups excluding carboxylic acids is 2. The second kappa shape index (κ2) is 9.38. The zero-order chi connectivity index (χ0) is 19.1. The summed E-state index contributed by atoms with van der Waals surface area (Å²) in [6.45, 7) is 6.57. The van der Waals surface area contributed by atoms with Crippen LogP contribution in [0.5, 0.6) is 0 Å². The summed E-state index contributed by atoms with van der Waals surface area (Å²) in [4.78, 5) is 25.5. The Morgan fingerprint density at radius 1 is 1.23 bits per heavy atom. The van der Waals surface area contributed by atoms with E-state index in [0.717, 1.165) is 23.5 Å². The average Bonchev–Trinajstić information content (AvgIpc) is 2.98. The smallest absolute Gasteiger partial charge is 0.239 e. The third kappa shape index (κ3) is 5.08. The van der Waals surface area contributed by atoms with E-state index in [9.17, 15) is 9.59 Å². The molecule has 1 aromatic carbocycles. The normalized spacial score (nSPS) is 10.6. The lowest BCUT2D eigenvalue weighted by Crippen LogP contribution is -2.39. The molecule has 0 radical (unpaired) electrons. The van der Waals surface area contributed by atoms with E-state index in [4.69, 9.17) is 0 Å². The number of thioether (sulfide) groups is 1. The number of benzene rings is 1. The van der Waals surface area contributed by atoms with Gasteiger partial charge in [-0.15, -0.1) is 10.2 Å². The minimum Gasteiger partial charge on any atom is -0.355 e. The fourth-order valence-corrected chi connectivity index (χ4v) is 3.32. The fraction of sp³-hybridized carbons (Fsp3) is 0.444. The Morgan fingerprint density at radius 2 is 1.96 bits per heavy atom. The van der Waals surface area contributed by atoms with Gasteiger partial charge in [0.15, 0.2) is 5.16 Å². The molecule has 0 unspecified atom stereocenters. The second-order valence-corrected chi connectivity index (χ2v) is 6.98. The minimum absolute atomic E-state index is 0.0584. The summed E-state index contributed by atoms with van der Waals surface area (Å²) in [5.41, 5.74) is 2.10. The first-order valence-corrected chi connectivity index (χ1v) is 9.54.